The molecule has 0 fully saturated rings. The van der Waals surface area contributed by atoms with Crippen molar-refractivity contribution in [2.24, 2.45) is 0 Å². The molecule has 0 bridgehead atoms. The maximum atomic E-state index is 13.0. The summed E-state index contributed by atoms with van der Waals surface area (Å²) in [6.45, 7) is 0. The van der Waals surface area contributed by atoms with E-state index in [9.17, 15) is 20.1 Å². The Hall–Kier alpha value is -4.20. The molecule has 2 aromatic carbocycles. The lowest BCUT2D eigenvalue weighted by Crippen LogP contribution is -2.31. The van der Waals surface area contributed by atoms with Crippen LogP contribution in [0.15, 0.2) is 48.5 Å². The second-order valence-corrected chi connectivity index (χ2v) is 8.14. The van der Waals surface area contributed by atoms with Gasteiger partial charge in [0, 0.05) is 19.0 Å². The highest BCUT2D eigenvalue weighted by Gasteiger charge is 2.39. The molecule has 1 aromatic heterocycles. The third kappa shape index (κ3) is 3.38. The van der Waals surface area contributed by atoms with Crippen LogP contribution < -0.4 is 9.80 Å². The summed E-state index contributed by atoms with van der Waals surface area (Å²) in [4.78, 5) is 29.9. The fraction of sp³-hybridized carbons (Fsp3) is 0.0833. The van der Waals surface area contributed by atoms with Crippen molar-refractivity contribution < 1.29 is 9.59 Å². The van der Waals surface area contributed by atoms with Gasteiger partial charge in [-0.2, -0.15) is 10.5 Å². The van der Waals surface area contributed by atoms with Crippen LogP contribution in [0.3, 0.4) is 0 Å². The monoisotopic (exact) mass is 424 g/mol. The molecule has 0 atom stereocenters. The van der Waals surface area contributed by atoms with Gasteiger partial charge >= 0.3 is 0 Å². The van der Waals surface area contributed by atoms with Crippen molar-refractivity contribution in [1.82, 2.24) is 0 Å². The SMILES string of the molecule is CN(C)c1ccc(/C=C/c2ccc(C#N)c(N3C(=O)c4ccccc4C3=O)c2C#N)s1. The van der Waals surface area contributed by atoms with E-state index in [-0.39, 0.29) is 27.9 Å². The molecule has 2 amide bonds. The van der Waals surface area contributed by atoms with Crippen LogP contribution in [-0.4, -0.2) is 25.9 Å². The summed E-state index contributed by atoms with van der Waals surface area (Å²) in [5, 5.41) is 20.6. The molecule has 31 heavy (non-hydrogen) atoms. The fourth-order valence-electron chi connectivity index (χ4n) is 3.42. The number of rotatable bonds is 4. The minimum Gasteiger partial charge on any atom is -0.370 e. The summed E-state index contributed by atoms with van der Waals surface area (Å²) in [5.74, 6) is -1.08. The first kappa shape index (κ1) is 20.1. The number of nitrogens with zero attached hydrogens (tertiary/aromatic N) is 4. The molecular weight excluding hydrogens is 408 g/mol. The summed E-state index contributed by atoms with van der Waals surface area (Å²) < 4.78 is 0. The zero-order chi connectivity index (χ0) is 22.1. The van der Waals surface area contributed by atoms with Crippen LogP contribution in [0.1, 0.15) is 42.3 Å². The Labute approximate surface area is 183 Å². The fourth-order valence-corrected chi connectivity index (χ4v) is 4.25. The van der Waals surface area contributed by atoms with Gasteiger partial charge in [0.05, 0.1) is 32.9 Å². The quantitative estimate of drug-likeness (QED) is 0.574. The van der Waals surface area contributed by atoms with Gasteiger partial charge in [-0.05, 0) is 42.0 Å². The predicted molar refractivity (Wildman–Crippen MR) is 121 cm³/mol. The average Bonchev–Trinajstić information content (AvgIpc) is 3.35. The summed E-state index contributed by atoms with van der Waals surface area (Å²) in [7, 11) is 3.92. The van der Waals surface area contributed by atoms with Gasteiger partial charge in [0.2, 0.25) is 0 Å². The predicted octanol–water partition coefficient (Wildman–Crippen LogP) is 4.53. The van der Waals surface area contributed by atoms with Gasteiger partial charge in [-0.1, -0.05) is 24.3 Å². The van der Waals surface area contributed by atoms with Crippen LogP contribution in [0.5, 0.6) is 0 Å². The molecule has 6 nitrogen and oxygen atoms in total. The Kier molecular flexibility index (Phi) is 5.12. The second-order valence-electron chi connectivity index (χ2n) is 7.04. The number of nitriles is 2. The molecule has 0 saturated heterocycles. The second kappa shape index (κ2) is 7.91. The molecule has 3 aromatic rings. The van der Waals surface area contributed by atoms with Crippen molar-refractivity contribution in [1.29, 1.82) is 10.5 Å². The minimum atomic E-state index is -0.538. The van der Waals surface area contributed by atoms with E-state index in [1.807, 2.05) is 43.3 Å². The minimum absolute atomic E-state index is 0.0264. The number of hydrogen-bond donors (Lipinski definition) is 0. The van der Waals surface area contributed by atoms with Crippen molar-refractivity contribution in [3.63, 3.8) is 0 Å². The van der Waals surface area contributed by atoms with Crippen molar-refractivity contribution in [3.05, 3.63) is 81.2 Å². The van der Waals surface area contributed by atoms with Crippen LogP contribution in [0.2, 0.25) is 0 Å². The number of imide groups is 1. The van der Waals surface area contributed by atoms with Gasteiger partial charge in [-0.25, -0.2) is 4.90 Å². The molecule has 1 aliphatic heterocycles. The van der Waals surface area contributed by atoms with Crippen LogP contribution in [0, 0.1) is 22.7 Å². The first-order valence-electron chi connectivity index (χ1n) is 9.36. The number of carbonyl (C=O) groups is 2. The first-order valence-corrected chi connectivity index (χ1v) is 10.2. The first-order chi connectivity index (χ1) is 15.0. The highest BCUT2D eigenvalue weighted by Crippen LogP contribution is 2.35. The van der Waals surface area contributed by atoms with Crippen molar-refractivity contribution in [3.8, 4) is 12.1 Å². The van der Waals surface area contributed by atoms with Crippen molar-refractivity contribution in [2.45, 2.75) is 0 Å². The lowest BCUT2D eigenvalue weighted by atomic mass is 10.00. The van der Waals surface area contributed by atoms with Gasteiger partial charge in [0.25, 0.3) is 11.8 Å². The van der Waals surface area contributed by atoms with Gasteiger partial charge in [-0.3, -0.25) is 9.59 Å². The zero-order valence-corrected chi connectivity index (χ0v) is 17.6. The molecule has 0 N–H and O–H groups in total. The number of benzene rings is 2. The zero-order valence-electron chi connectivity index (χ0n) is 16.8. The van der Waals surface area contributed by atoms with Gasteiger partial charge < -0.3 is 4.90 Å². The maximum Gasteiger partial charge on any atom is 0.266 e. The maximum absolute atomic E-state index is 13.0. The molecular formula is C24H16N4O2S. The lowest BCUT2D eigenvalue weighted by Gasteiger charge is -2.18. The van der Waals surface area contributed by atoms with Gasteiger partial charge in [-0.15, -0.1) is 11.3 Å². The molecule has 2 heterocycles. The summed E-state index contributed by atoms with van der Waals surface area (Å²) >= 11 is 1.59. The molecule has 0 radical (unpaired) electrons. The Morgan fingerprint density at radius 2 is 1.58 bits per heavy atom. The van der Waals surface area contributed by atoms with E-state index >= 15 is 0 Å². The van der Waals surface area contributed by atoms with E-state index in [2.05, 4.69) is 6.07 Å². The number of hydrogen-bond acceptors (Lipinski definition) is 6. The number of fused-ring (bicyclic) bond motifs is 1. The molecule has 0 unspecified atom stereocenters. The average molecular weight is 424 g/mol. The van der Waals surface area contributed by atoms with Crippen LogP contribution in [0.25, 0.3) is 12.2 Å². The van der Waals surface area contributed by atoms with E-state index in [1.165, 1.54) is 6.07 Å². The topological polar surface area (TPSA) is 88.2 Å². The largest absolute Gasteiger partial charge is 0.370 e. The van der Waals surface area contributed by atoms with Crippen LogP contribution in [-0.2, 0) is 0 Å². The van der Waals surface area contributed by atoms with E-state index in [0.717, 1.165) is 14.8 Å². The molecule has 4 rings (SSSR count). The Morgan fingerprint density at radius 1 is 0.903 bits per heavy atom. The lowest BCUT2D eigenvalue weighted by molar-refractivity contribution is 0.0926. The summed E-state index contributed by atoms with van der Waals surface area (Å²) in [6, 6.07) is 17.7. The van der Waals surface area contributed by atoms with Crippen molar-refractivity contribution >= 4 is 46.0 Å². The molecule has 0 spiro atoms. The Bertz CT molecular complexity index is 1300. The van der Waals surface area contributed by atoms with Gasteiger partial charge in [0.15, 0.2) is 0 Å². The highest BCUT2D eigenvalue weighted by molar-refractivity contribution is 7.16. The third-order valence-corrected chi connectivity index (χ3v) is 6.16. The standard InChI is InChI=1S/C24H16N4O2S/c1-27(2)21-12-11-17(31-21)10-9-15-7-8-16(13-25)22(20(15)14-26)28-23(29)18-5-3-4-6-19(18)24(28)30/h3-12H,1-2H3/b10-9+. The normalized spacial score (nSPS) is 12.7. The number of amides is 2. The number of anilines is 2. The van der Waals surface area contributed by atoms with Crippen LogP contribution >= 0.6 is 11.3 Å². The van der Waals surface area contributed by atoms with E-state index in [1.54, 1.807) is 47.7 Å². The molecule has 1 aliphatic rings. The summed E-state index contributed by atoms with van der Waals surface area (Å²) in [5.41, 5.74) is 1.27. The molecule has 0 aliphatic carbocycles. The van der Waals surface area contributed by atoms with Crippen molar-refractivity contribution in [2.75, 3.05) is 23.9 Å². The summed E-state index contributed by atoms with van der Waals surface area (Å²) in [6.07, 6.45) is 3.62. The highest BCUT2D eigenvalue weighted by atomic mass is 32.1. The van der Waals surface area contributed by atoms with Gasteiger partial charge in [0.1, 0.15) is 12.1 Å². The number of carbonyl (C=O) groups excluding carboxylic acids is 2. The molecule has 0 saturated carbocycles. The third-order valence-electron chi connectivity index (χ3n) is 4.94. The number of thiophene rings is 1. The molecule has 150 valence electrons. The smallest absolute Gasteiger partial charge is 0.266 e. The molecule has 7 heteroatoms. The Morgan fingerprint density at radius 3 is 2.13 bits per heavy atom. The van der Waals surface area contributed by atoms with E-state index in [4.69, 9.17) is 0 Å². The van der Waals surface area contributed by atoms with E-state index < -0.39 is 11.8 Å². The van der Waals surface area contributed by atoms with E-state index in [0.29, 0.717) is 5.56 Å². The Balaban J connectivity index is 1.81. The van der Waals surface area contributed by atoms with Crippen LogP contribution in [0.4, 0.5) is 10.7 Å².